The number of hydrogen-bond acceptors (Lipinski definition) is 8. The molecule has 0 saturated carbocycles. The van der Waals surface area contributed by atoms with Crippen LogP contribution in [0.2, 0.25) is 0 Å². The van der Waals surface area contributed by atoms with Gasteiger partial charge in [-0.15, -0.1) is 0 Å². The Bertz CT molecular complexity index is 1460. The molecule has 55 heavy (non-hydrogen) atoms. The lowest BCUT2D eigenvalue weighted by Crippen LogP contribution is -2.65. The third-order valence-electron chi connectivity index (χ3n) is 10.6. The van der Waals surface area contributed by atoms with Crippen LogP contribution in [0.4, 0.5) is 0 Å². The van der Waals surface area contributed by atoms with Gasteiger partial charge in [0, 0.05) is 27.2 Å². The summed E-state index contributed by atoms with van der Waals surface area (Å²) in [4.78, 5) is 88.0. The number of likely N-dealkylation sites (N-methyl/N-ethyl adjacent to an activating group) is 4. The summed E-state index contributed by atoms with van der Waals surface area (Å²) in [6, 6.07) is 4.07. The van der Waals surface area contributed by atoms with Gasteiger partial charge < -0.3 is 35.0 Å². The Morgan fingerprint density at radius 2 is 1.55 bits per heavy atom. The zero-order valence-corrected chi connectivity index (χ0v) is 35.9. The number of nitrogens with zero attached hydrogens (tertiary/aromatic N) is 4. The van der Waals surface area contributed by atoms with E-state index in [1.165, 1.54) is 26.6 Å². The standard InChI is InChI=1S/C42H70N6O7/c1-14-29(6)36(44-37(50)32(43-11)22-16-27(3)4)41(54)46(13)30(7)38(51)48-25-24-34(48)40(53)47(15-2)33(23-21-31-19-17-28(5)18-20-31)39(52)45(12)26-35(49)55-42(8,9)10/h17-20,27,29-30,32-34,36,43H,14-16,21-26H2,1-13H3,(H,44,50)/t29-,30-,32-,33-,34-,36-/m0/s1. The molecule has 0 aromatic heterocycles. The molecule has 6 atom stereocenters. The topological polar surface area (TPSA) is 149 Å². The molecule has 1 aliphatic rings. The zero-order valence-electron chi connectivity index (χ0n) is 35.9. The predicted molar refractivity (Wildman–Crippen MR) is 215 cm³/mol. The van der Waals surface area contributed by atoms with Crippen LogP contribution in [0.25, 0.3) is 0 Å². The molecule has 0 bridgehead atoms. The van der Waals surface area contributed by atoms with Crippen LogP contribution in [0, 0.1) is 18.8 Å². The first-order valence-corrected chi connectivity index (χ1v) is 20.0. The Kier molecular flexibility index (Phi) is 18.3. The normalized spacial score (nSPS) is 16.9. The Balaban J connectivity index is 2.29. The van der Waals surface area contributed by atoms with Crippen molar-refractivity contribution in [3.8, 4) is 0 Å². The van der Waals surface area contributed by atoms with Crippen LogP contribution in [0.1, 0.15) is 106 Å². The summed E-state index contributed by atoms with van der Waals surface area (Å²) in [5.41, 5.74) is 1.39. The molecule has 0 aliphatic carbocycles. The van der Waals surface area contributed by atoms with Gasteiger partial charge in [-0.3, -0.25) is 28.8 Å². The fraction of sp³-hybridized carbons (Fsp3) is 0.714. The van der Waals surface area contributed by atoms with Gasteiger partial charge >= 0.3 is 5.97 Å². The number of aryl methyl sites for hydroxylation is 2. The van der Waals surface area contributed by atoms with Crippen molar-refractivity contribution in [1.82, 2.24) is 30.2 Å². The van der Waals surface area contributed by atoms with E-state index in [0.717, 1.165) is 17.5 Å². The molecule has 1 saturated heterocycles. The summed E-state index contributed by atoms with van der Waals surface area (Å²) < 4.78 is 5.45. The van der Waals surface area contributed by atoms with Crippen molar-refractivity contribution in [2.24, 2.45) is 11.8 Å². The van der Waals surface area contributed by atoms with Crippen molar-refractivity contribution in [2.75, 3.05) is 40.8 Å². The van der Waals surface area contributed by atoms with E-state index in [9.17, 15) is 28.8 Å². The number of amides is 5. The second kappa shape index (κ2) is 21.3. The number of carbonyl (C=O) groups is 6. The second-order valence-corrected chi connectivity index (χ2v) is 16.6. The molecule has 1 aliphatic heterocycles. The average Bonchev–Trinajstić information content (AvgIpc) is 3.10. The highest BCUT2D eigenvalue weighted by Gasteiger charge is 2.45. The summed E-state index contributed by atoms with van der Waals surface area (Å²) in [6.07, 6.45) is 3.34. The fourth-order valence-electron chi connectivity index (χ4n) is 6.66. The molecule has 0 radical (unpaired) electrons. The smallest absolute Gasteiger partial charge is 0.326 e. The molecule has 1 heterocycles. The molecule has 0 spiro atoms. The van der Waals surface area contributed by atoms with Crippen molar-refractivity contribution in [3.05, 3.63) is 35.4 Å². The zero-order chi connectivity index (χ0) is 41.8. The summed E-state index contributed by atoms with van der Waals surface area (Å²) in [6.45, 7) is 19.0. The van der Waals surface area contributed by atoms with Gasteiger partial charge in [0.2, 0.25) is 29.5 Å². The number of hydrogen-bond donors (Lipinski definition) is 2. The molecule has 1 fully saturated rings. The minimum atomic E-state index is -0.915. The Hall–Kier alpha value is -4.00. The van der Waals surface area contributed by atoms with Gasteiger partial charge in [0.05, 0.1) is 6.04 Å². The molecule has 2 N–H and O–H groups in total. The van der Waals surface area contributed by atoms with Crippen molar-refractivity contribution >= 4 is 35.5 Å². The first-order chi connectivity index (χ1) is 25.7. The minimum absolute atomic E-state index is 0.192. The fourth-order valence-corrected chi connectivity index (χ4v) is 6.66. The van der Waals surface area contributed by atoms with Crippen LogP contribution in [-0.2, 0) is 39.9 Å². The lowest BCUT2D eigenvalue weighted by atomic mass is 9.95. The van der Waals surface area contributed by atoms with E-state index in [4.69, 9.17) is 4.74 Å². The lowest BCUT2D eigenvalue weighted by Gasteiger charge is -2.45. The molecule has 310 valence electrons. The number of ether oxygens (including phenoxy) is 1. The van der Waals surface area contributed by atoms with Crippen LogP contribution >= 0.6 is 0 Å². The minimum Gasteiger partial charge on any atom is -0.459 e. The lowest BCUT2D eigenvalue weighted by molar-refractivity contribution is -0.162. The molecular weight excluding hydrogens is 700 g/mol. The SMILES string of the molecule is CC[C@H](C)[C@H](NC(=O)[C@H](CCC(C)C)NC)C(=O)N(C)[C@@H](C)C(=O)N1CC[C@H]1C(=O)N(CC)[C@@H](CCc1ccc(C)cc1)C(=O)N(C)CC(=O)OC(C)(C)C. The van der Waals surface area contributed by atoms with Gasteiger partial charge in [0.1, 0.15) is 36.3 Å². The Labute approximate surface area is 330 Å². The predicted octanol–water partition coefficient (Wildman–Crippen LogP) is 3.95. The van der Waals surface area contributed by atoms with E-state index >= 15 is 0 Å². The summed E-state index contributed by atoms with van der Waals surface area (Å²) in [7, 11) is 4.80. The van der Waals surface area contributed by atoms with Crippen LogP contribution in [0.3, 0.4) is 0 Å². The van der Waals surface area contributed by atoms with E-state index in [-0.39, 0.29) is 42.6 Å². The second-order valence-electron chi connectivity index (χ2n) is 16.6. The van der Waals surface area contributed by atoms with E-state index in [1.807, 2.05) is 45.0 Å². The quantitative estimate of drug-likeness (QED) is 0.190. The van der Waals surface area contributed by atoms with Crippen LogP contribution < -0.4 is 10.6 Å². The molecule has 0 unspecified atom stereocenters. The average molecular weight is 771 g/mol. The van der Waals surface area contributed by atoms with E-state index < -0.39 is 47.7 Å². The van der Waals surface area contributed by atoms with Crippen LogP contribution in [-0.4, -0.2) is 132 Å². The van der Waals surface area contributed by atoms with Gasteiger partial charge in [-0.05, 0) is 98.1 Å². The summed E-state index contributed by atoms with van der Waals surface area (Å²) >= 11 is 0. The number of nitrogens with one attached hydrogen (secondary N) is 2. The highest BCUT2D eigenvalue weighted by molar-refractivity contribution is 5.97. The number of carbonyl (C=O) groups excluding carboxylic acids is 6. The molecule has 2 rings (SSSR count). The van der Waals surface area contributed by atoms with E-state index in [1.54, 1.807) is 48.7 Å². The highest BCUT2D eigenvalue weighted by Crippen LogP contribution is 2.25. The van der Waals surface area contributed by atoms with Gasteiger partial charge in [-0.25, -0.2) is 0 Å². The van der Waals surface area contributed by atoms with Gasteiger partial charge in [0.15, 0.2) is 0 Å². The number of benzene rings is 1. The van der Waals surface area contributed by atoms with Gasteiger partial charge in [-0.1, -0.05) is 63.9 Å². The van der Waals surface area contributed by atoms with Crippen molar-refractivity contribution in [1.29, 1.82) is 0 Å². The number of likely N-dealkylation sites (tertiary alicyclic amines) is 1. The first-order valence-electron chi connectivity index (χ1n) is 20.0. The molecule has 1 aromatic carbocycles. The van der Waals surface area contributed by atoms with Gasteiger partial charge in [0.25, 0.3) is 0 Å². The monoisotopic (exact) mass is 771 g/mol. The highest BCUT2D eigenvalue weighted by atomic mass is 16.6. The largest absolute Gasteiger partial charge is 0.459 e. The van der Waals surface area contributed by atoms with Gasteiger partial charge in [-0.2, -0.15) is 0 Å². The summed E-state index contributed by atoms with van der Waals surface area (Å²) in [5.74, 6) is -2.11. The van der Waals surface area contributed by atoms with Crippen molar-refractivity contribution < 1.29 is 33.5 Å². The Morgan fingerprint density at radius 3 is 2.04 bits per heavy atom. The molecule has 13 nitrogen and oxygen atoms in total. The number of esters is 1. The molecule has 13 heteroatoms. The van der Waals surface area contributed by atoms with Crippen LogP contribution in [0.15, 0.2) is 24.3 Å². The third-order valence-corrected chi connectivity index (χ3v) is 10.6. The summed E-state index contributed by atoms with van der Waals surface area (Å²) in [5, 5.41) is 6.03. The maximum absolute atomic E-state index is 14.3. The molecule has 5 amide bonds. The maximum Gasteiger partial charge on any atom is 0.326 e. The molecule has 1 aromatic rings. The van der Waals surface area contributed by atoms with E-state index in [0.29, 0.717) is 44.6 Å². The van der Waals surface area contributed by atoms with Crippen molar-refractivity contribution in [3.63, 3.8) is 0 Å². The third kappa shape index (κ3) is 13.6. The van der Waals surface area contributed by atoms with E-state index in [2.05, 4.69) is 24.5 Å². The maximum atomic E-state index is 14.3. The van der Waals surface area contributed by atoms with Crippen LogP contribution in [0.5, 0.6) is 0 Å². The number of rotatable bonds is 20. The molecular formula is C42H70N6O7. The van der Waals surface area contributed by atoms with Crippen molar-refractivity contribution in [2.45, 2.75) is 144 Å². The first kappa shape index (κ1) is 47.2. The Morgan fingerprint density at radius 1 is 0.927 bits per heavy atom.